The van der Waals surface area contributed by atoms with Crippen molar-refractivity contribution in [3.8, 4) is 11.5 Å². The molecular formula is C13H18N2O3S. The van der Waals surface area contributed by atoms with E-state index in [2.05, 4.69) is 5.32 Å². The number of amides is 1. The molecule has 104 valence electrons. The van der Waals surface area contributed by atoms with Crippen LogP contribution < -0.4 is 20.5 Å². The Hall–Kier alpha value is -1.40. The summed E-state index contributed by atoms with van der Waals surface area (Å²) < 4.78 is 10.7. The van der Waals surface area contributed by atoms with Crippen LogP contribution in [0.2, 0.25) is 0 Å². The fourth-order valence-electron chi connectivity index (χ4n) is 1.82. The molecule has 0 saturated carbocycles. The number of thioether (sulfide) groups is 1. The molecule has 0 radical (unpaired) electrons. The molecule has 0 saturated heterocycles. The molecule has 0 spiro atoms. The summed E-state index contributed by atoms with van der Waals surface area (Å²) in [6, 6.07) is 5.17. The fourth-order valence-corrected chi connectivity index (χ4v) is 2.31. The van der Waals surface area contributed by atoms with Gasteiger partial charge in [0.25, 0.3) is 0 Å². The van der Waals surface area contributed by atoms with Gasteiger partial charge in [-0.2, -0.15) is 11.8 Å². The lowest BCUT2D eigenvalue weighted by Crippen LogP contribution is -2.40. The monoisotopic (exact) mass is 282 g/mol. The van der Waals surface area contributed by atoms with E-state index in [4.69, 9.17) is 15.2 Å². The number of carbonyl (C=O) groups excluding carboxylic acids is 1. The summed E-state index contributed by atoms with van der Waals surface area (Å²) in [5, 5.41) is 2.83. The van der Waals surface area contributed by atoms with Gasteiger partial charge in [0.1, 0.15) is 0 Å². The van der Waals surface area contributed by atoms with Gasteiger partial charge in [-0.25, -0.2) is 0 Å². The van der Waals surface area contributed by atoms with Crippen molar-refractivity contribution in [2.45, 2.75) is 19.0 Å². The van der Waals surface area contributed by atoms with Crippen molar-refractivity contribution >= 4 is 17.7 Å². The predicted molar refractivity (Wildman–Crippen MR) is 75.4 cm³/mol. The van der Waals surface area contributed by atoms with Gasteiger partial charge in [0.05, 0.1) is 6.04 Å². The van der Waals surface area contributed by atoms with Crippen LogP contribution in [0.25, 0.3) is 0 Å². The molecule has 1 heterocycles. The van der Waals surface area contributed by atoms with Crippen LogP contribution >= 0.6 is 11.8 Å². The Balaban J connectivity index is 1.89. The summed E-state index contributed by atoms with van der Waals surface area (Å²) >= 11 is 1.68. The van der Waals surface area contributed by atoms with Crippen LogP contribution in [0.5, 0.6) is 11.5 Å². The molecule has 0 bridgehead atoms. The lowest BCUT2D eigenvalue weighted by Gasteiger charge is -2.12. The second kappa shape index (κ2) is 6.68. The average molecular weight is 282 g/mol. The van der Waals surface area contributed by atoms with Gasteiger partial charge in [0, 0.05) is 12.1 Å². The number of nitrogens with two attached hydrogens (primary N) is 1. The topological polar surface area (TPSA) is 73.6 Å². The zero-order chi connectivity index (χ0) is 13.7. The van der Waals surface area contributed by atoms with E-state index < -0.39 is 6.04 Å². The second-order valence-corrected chi connectivity index (χ2v) is 5.24. The van der Waals surface area contributed by atoms with Crippen LogP contribution in [0.15, 0.2) is 18.2 Å². The molecular weight excluding hydrogens is 264 g/mol. The molecule has 1 atom stereocenters. The van der Waals surface area contributed by atoms with Crippen molar-refractivity contribution in [1.29, 1.82) is 0 Å². The maximum Gasteiger partial charge on any atom is 0.237 e. The molecule has 5 nitrogen and oxygen atoms in total. The highest BCUT2D eigenvalue weighted by molar-refractivity contribution is 7.98. The van der Waals surface area contributed by atoms with E-state index in [9.17, 15) is 4.79 Å². The Morgan fingerprint density at radius 2 is 2.37 bits per heavy atom. The quantitative estimate of drug-likeness (QED) is 0.817. The Labute approximate surface area is 116 Å². The van der Waals surface area contributed by atoms with E-state index in [1.54, 1.807) is 11.8 Å². The Kier molecular flexibility index (Phi) is 4.93. The number of ether oxygens (including phenoxy) is 2. The first-order chi connectivity index (χ1) is 9.22. The van der Waals surface area contributed by atoms with E-state index in [1.165, 1.54) is 0 Å². The van der Waals surface area contributed by atoms with Gasteiger partial charge in [-0.1, -0.05) is 12.1 Å². The molecule has 0 aromatic heterocycles. The van der Waals surface area contributed by atoms with Crippen molar-refractivity contribution in [3.63, 3.8) is 0 Å². The van der Waals surface area contributed by atoms with Crippen LogP contribution in [0.1, 0.15) is 12.0 Å². The zero-order valence-electron chi connectivity index (χ0n) is 10.8. The van der Waals surface area contributed by atoms with Gasteiger partial charge >= 0.3 is 0 Å². The van der Waals surface area contributed by atoms with Crippen molar-refractivity contribution < 1.29 is 14.3 Å². The summed E-state index contributed by atoms with van der Waals surface area (Å²) in [4.78, 5) is 11.8. The number of para-hydroxylation sites is 1. The van der Waals surface area contributed by atoms with Gasteiger partial charge in [-0.3, -0.25) is 4.79 Å². The largest absolute Gasteiger partial charge is 0.454 e. The second-order valence-electron chi connectivity index (χ2n) is 4.26. The maximum atomic E-state index is 11.8. The third kappa shape index (κ3) is 3.54. The van der Waals surface area contributed by atoms with E-state index in [0.717, 1.165) is 17.1 Å². The minimum absolute atomic E-state index is 0.134. The number of fused-ring (bicyclic) bond motifs is 1. The normalized spacial score (nSPS) is 14.2. The molecule has 1 aliphatic heterocycles. The molecule has 1 aromatic carbocycles. The van der Waals surface area contributed by atoms with Gasteiger partial charge in [0.2, 0.25) is 12.7 Å². The molecule has 0 fully saturated rings. The molecule has 19 heavy (non-hydrogen) atoms. The highest BCUT2D eigenvalue weighted by Crippen LogP contribution is 2.35. The summed E-state index contributed by atoms with van der Waals surface area (Å²) in [7, 11) is 0. The molecule has 3 N–H and O–H groups in total. The summed E-state index contributed by atoms with van der Waals surface area (Å²) in [5.41, 5.74) is 6.70. The van der Waals surface area contributed by atoms with Gasteiger partial charge in [-0.15, -0.1) is 0 Å². The molecule has 2 rings (SSSR count). The van der Waals surface area contributed by atoms with E-state index in [1.807, 2.05) is 24.5 Å². The van der Waals surface area contributed by atoms with Crippen LogP contribution in [-0.2, 0) is 11.3 Å². The first kappa shape index (κ1) is 14.0. The van der Waals surface area contributed by atoms with Gasteiger partial charge < -0.3 is 20.5 Å². The van der Waals surface area contributed by atoms with Crippen molar-refractivity contribution in [2.75, 3.05) is 18.8 Å². The molecule has 1 aliphatic rings. The smallest absolute Gasteiger partial charge is 0.237 e. The number of carbonyl (C=O) groups is 1. The predicted octanol–water partition coefficient (Wildman–Crippen LogP) is 1.11. The van der Waals surface area contributed by atoms with Crippen molar-refractivity contribution in [3.05, 3.63) is 23.8 Å². The summed E-state index contributed by atoms with van der Waals surface area (Å²) in [6.07, 6.45) is 2.68. The minimum Gasteiger partial charge on any atom is -0.454 e. The highest BCUT2D eigenvalue weighted by Gasteiger charge is 2.18. The third-order valence-electron chi connectivity index (χ3n) is 2.90. The molecule has 6 heteroatoms. The summed E-state index contributed by atoms with van der Waals surface area (Å²) in [5.74, 6) is 2.18. The number of hydrogen-bond acceptors (Lipinski definition) is 5. The first-order valence-corrected chi connectivity index (χ1v) is 7.51. The number of nitrogens with one attached hydrogen (secondary N) is 1. The Morgan fingerprint density at radius 1 is 1.53 bits per heavy atom. The lowest BCUT2D eigenvalue weighted by atomic mass is 10.1. The number of hydrogen-bond donors (Lipinski definition) is 2. The summed E-state index contributed by atoms with van der Waals surface area (Å²) in [6.45, 7) is 0.631. The van der Waals surface area contributed by atoms with Crippen molar-refractivity contribution in [2.24, 2.45) is 5.73 Å². The van der Waals surface area contributed by atoms with E-state index >= 15 is 0 Å². The minimum atomic E-state index is -0.457. The highest BCUT2D eigenvalue weighted by atomic mass is 32.2. The Bertz CT molecular complexity index is 454. The lowest BCUT2D eigenvalue weighted by molar-refractivity contribution is -0.122. The zero-order valence-corrected chi connectivity index (χ0v) is 11.7. The van der Waals surface area contributed by atoms with Gasteiger partial charge in [-0.05, 0) is 24.5 Å². The number of rotatable bonds is 6. The standard InChI is InChI=1S/C13H18N2O3S/c1-19-6-5-10(14)13(16)15-7-9-3-2-4-11-12(9)18-8-17-11/h2-4,10H,5-8,14H2,1H3,(H,15,16)/t10-/m0/s1. The van der Waals surface area contributed by atoms with Crippen LogP contribution in [0.3, 0.4) is 0 Å². The molecule has 1 aromatic rings. The molecule has 1 amide bonds. The Morgan fingerprint density at radius 3 is 3.16 bits per heavy atom. The maximum absolute atomic E-state index is 11.8. The average Bonchev–Trinajstić information content (AvgIpc) is 2.90. The van der Waals surface area contributed by atoms with E-state index in [0.29, 0.717) is 18.7 Å². The van der Waals surface area contributed by atoms with Crippen LogP contribution in [-0.4, -0.2) is 30.8 Å². The fraction of sp³-hybridized carbons (Fsp3) is 0.462. The SMILES string of the molecule is CSCC[C@H](N)C(=O)NCc1cccc2c1OCO2. The van der Waals surface area contributed by atoms with E-state index in [-0.39, 0.29) is 12.7 Å². The van der Waals surface area contributed by atoms with Crippen LogP contribution in [0.4, 0.5) is 0 Å². The van der Waals surface area contributed by atoms with Crippen LogP contribution in [0, 0.1) is 0 Å². The van der Waals surface area contributed by atoms with Crippen molar-refractivity contribution in [1.82, 2.24) is 5.32 Å². The molecule has 0 unspecified atom stereocenters. The third-order valence-corrected chi connectivity index (χ3v) is 3.54. The molecule has 0 aliphatic carbocycles. The first-order valence-electron chi connectivity index (χ1n) is 6.12. The number of benzene rings is 1. The van der Waals surface area contributed by atoms with Gasteiger partial charge in [0.15, 0.2) is 11.5 Å².